The molecule has 0 atom stereocenters. The average Bonchev–Trinajstić information content (AvgIpc) is 2.43. The highest BCUT2D eigenvalue weighted by molar-refractivity contribution is 8.48. The van der Waals surface area contributed by atoms with Crippen molar-refractivity contribution in [2.75, 3.05) is 0 Å². The summed E-state index contributed by atoms with van der Waals surface area (Å²) in [5.41, 5.74) is 0. The number of allylic oxidation sites excluding steroid dienone is 4. The minimum atomic E-state index is -9.28. The van der Waals surface area contributed by atoms with Gasteiger partial charge in [0.05, 0.1) is 4.91 Å². The molecule has 136 valence electrons. The summed E-state index contributed by atoms with van der Waals surface area (Å²) in [7, 11) is -9.28. The van der Waals surface area contributed by atoms with Crippen molar-refractivity contribution in [3.05, 3.63) is 23.1 Å². The van der Waals surface area contributed by atoms with Crippen molar-refractivity contribution < 1.29 is 19.4 Å². The second kappa shape index (κ2) is 14.4. The zero-order chi connectivity index (χ0) is 18.8. The first-order valence-corrected chi connectivity index (χ1v) is 9.32. The fourth-order valence-electron chi connectivity index (χ4n) is 0.458. The molecule has 0 aliphatic heterocycles. The maximum atomic E-state index is 11.5. The van der Waals surface area contributed by atoms with E-state index in [0.717, 1.165) is 13.3 Å². The Balaban J connectivity index is -0.0000000654. The zero-order valence-electron chi connectivity index (χ0n) is 15.2. The highest BCUT2D eigenvalue weighted by Gasteiger charge is 2.64. The van der Waals surface area contributed by atoms with Gasteiger partial charge in [-0.25, -0.2) is 0 Å². The molecule has 0 saturated heterocycles. The van der Waals surface area contributed by atoms with E-state index in [1.54, 1.807) is 0 Å². The van der Waals surface area contributed by atoms with Crippen molar-refractivity contribution in [2.24, 2.45) is 0 Å². The molecular weight excluding hydrogens is 307 g/mol. The van der Waals surface area contributed by atoms with Gasteiger partial charge in [-0.3, -0.25) is 0 Å². The van der Waals surface area contributed by atoms with Crippen molar-refractivity contribution in [2.45, 2.75) is 75.7 Å². The summed E-state index contributed by atoms with van der Waals surface area (Å²) in [4.78, 5) is -1.79. The Bertz CT molecular complexity index is 249. The molecule has 0 aromatic heterocycles. The van der Waals surface area contributed by atoms with Crippen LogP contribution in [0.15, 0.2) is 23.1 Å². The Hall–Kier alpha value is -0.520. The van der Waals surface area contributed by atoms with Crippen LogP contribution in [-0.2, 0) is 0 Å². The van der Waals surface area contributed by atoms with Crippen LogP contribution in [-0.4, -0.2) is 0 Å². The van der Waals surface area contributed by atoms with Crippen molar-refractivity contribution in [3.63, 3.8) is 0 Å². The Labute approximate surface area is 129 Å². The van der Waals surface area contributed by atoms with Crippen molar-refractivity contribution in [1.29, 1.82) is 0 Å². The molecule has 0 saturated carbocycles. The molecule has 0 heterocycles. The van der Waals surface area contributed by atoms with Crippen LogP contribution in [0.2, 0.25) is 0 Å². The smallest absolute Gasteiger partial charge is 0.0939 e. The first-order chi connectivity index (χ1) is 9.38. The largest absolute Gasteiger partial charge is 0.306 e. The summed E-state index contributed by atoms with van der Waals surface area (Å²) < 4.78 is 57.7. The average molecular weight is 343 g/mol. The molecule has 0 radical (unpaired) electrons. The van der Waals surface area contributed by atoms with Gasteiger partial charge in [0.2, 0.25) is 0 Å². The van der Waals surface area contributed by atoms with Crippen molar-refractivity contribution in [1.82, 2.24) is 0 Å². The molecular formula is C15H35F5S. The van der Waals surface area contributed by atoms with Crippen LogP contribution >= 0.6 is 10.2 Å². The lowest BCUT2D eigenvalue weighted by Gasteiger charge is -2.41. The van der Waals surface area contributed by atoms with Crippen LogP contribution in [0.4, 0.5) is 19.4 Å². The summed E-state index contributed by atoms with van der Waals surface area (Å²) in [6.45, 7) is 17.4. The fourth-order valence-corrected chi connectivity index (χ4v) is 0.904. The predicted octanol–water partition coefficient (Wildman–Crippen LogP) is 9.26. The topological polar surface area (TPSA) is 0 Å². The molecule has 0 bridgehead atoms. The molecule has 0 aromatic rings. The van der Waals surface area contributed by atoms with Gasteiger partial charge in [0.15, 0.2) is 0 Å². The quantitative estimate of drug-likeness (QED) is 0.346. The van der Waals surface area contributed by atoms with Gasteiger partial charge < -0.3 is 0 Å². The molecule has 21 heavy (non-hydrogen) atoms. The van der Waals surface area contributed by atoms with E-state index in [4.69, 9.17) is 0 Å². The molecule has 6 heteroatoms. The summed E-state index contributed by atoms with van der Waals surface area (Å²) in [6, 6.07) is 0. The molecule has 0 aliphatic carbocycles. The molecule has 0 aliphatic rings. The van der Waals surface area contributed by atoms with E-state index >= 15 is 0 Å². The van der Waals surface area contributed by atoms with E-state index in [9.17, 15) is 19.4 Å². The molecule has 0 N–H and O–H groups in total. The molecule has 0 aromatic carbocycles. The van der Waals surface area contributed by atoms with Gasteiger partial charge in [-0.2, -0.15) is 0 Å². The lowest BCUT2D eigenvalue weighted by atomic mass is 10.4. The molecule has 0 nitrogen and oxygen atoms in total. The molecule has 0 rings (SSSR count). The van der Waals surface area contributed by atoms with E-state index in [1.807, 2.05) is 48.5 Å². The van der Waals surface area contributed by atoms with Crippen molar-refractivity contribution >= 4 is 10.2 Å². The lowest BCUT2D eigenvalue weighted by Crippen LogP contribution is -2.05. The summed E-state index contributed by atoms with van der Waals surface area (Å²) in [5, 5.41) is 0. The van der Waals surface area contributed by atoms with Gasteiger partial charge >= 0.3 is 10.2 Å². The van der Waals surface area contributed by atoms with Gasteiger partial charge in [0.25, 0.3) is 0 Å². The van der Waals surface area contributed by atoms with E-state index in [2.05, 4.69) is 19.1 Å². The third kappa shape index (κ3) is 32.8. The second-order valence-corrected chi connectivity index (χ2v) is 5.43. The highest BCUT2D eigenvalue weighted by Crippen LogP contribution is 3.01. The minimum absolute atomic E-state index is 0.363. The van der Waals surface area contributed by atoms with E-state index in [0.29, 0.717) is 13.0 Å². The fraction of sp³-hybridized carbons (Fsp3) is 0.733. The highest BCUT2D eigenvalue weighted by atomic mass is 32.5. The SMILES string of the molecule is C/C=C(\C)S(F)(F)(F)(F)F.C/C=C\CC.CC.CC.CC. The number of rotatable bonds is 2. The Morgan fingerprint density at radius 1 is 0.810 bits per heavy atom. The van der Waals surface area contributed by atoms with Gasteiger partial charge in [0, 0.05) is 0 Å². The molecule has 0 fully saturated rings. The van der Waals surface area contributed by atoms with Crippen LogP contribution < -0.4 is 0 Å². The Morgan fingerprint density at radius 3 is 1.10 bits per heavy atom. The zero-order valence-corrected chi connectivity index (χ0v) is 16.1. The standard InChI is InChI=1S/C5H10.C4H7F5S.3C2H6/c1-3-5-4-2;1-3-4(2)10(5,6,7,8)9;3*1-2/h3,5H,4H2,1-2H3;3H,1-2H3;3*1-2H3/b5-3-;4-3+;;;. The summed E-state index contributed by atoms with van der Waals surface area (Å²) in [6.07, 6.45) is 5.71. The van der Waals surface area contributed by atoms with Crippen LogP contribution in [0.3, 0.4) is 0 Å². The van der Waals surface area contributed by atoms with Gasteiger partial charge in [0.1, 0.15) is 0 Å². The Kier molecular flexibility index (Phi) is 22.3. The Morgan fingerprint density at radius 2 is 1.10 bits per heavy atom. The van der Waals surface area contributed by atoms with Crippen LogP contribution in [0.25, 0.3) is 0 Å². The summed E-state index contributed by atoms with van der Waals surface area (Å²) >= 11 is 0. The van der Waals surface area contributed by atoms with Crippen LogP contribution in [0, 0.1) is 0 Å². The van der Waals surface area contributed by atoms with E-state index in [-0.39, 0.29) is 0 Å². The number of hydrogen-bond donors (Lipinski definition) is 0. The molecule has 0 spiro atoms. The number of halogens is 5. The monoisotopic (exact) mass is 342 g/mol. The first-order valence-electron chi connectivity index (χ1n) is 7.37. The number of hydrogen-bond acceptors (Lipinski definition) is 0. The maximum absolute atomic E-state index is 11.5. The molecule has 0 amide bonds. The van der Waals surface area contributed by atoms with Crippen molar-refractivity contribution in [3.8, 4) is 0 Å². The normalized spacial score (nSPS) is 13.6. The maximum Gasteiger partial charge on any atom is 0.306 e. The van der Waals surface area contributed by atoms with Gasteiger partial charge in [-0.1, -0.05) is 86.1 Å². The summed E-state index contributed by atoms with van der Waals surface area (Å²) in [5.74, 6) is 0. The minimum Gasteiger partial charge on any atom is -0.0939 e. The molecule has 0 unspecified atom stereocenters. The lowest BCUT2D eigenvalue weighted by molar-refractivity contribution is 0.378. The third-order valence-corrected chi connectivity index (χ3v) is 2.94. The second-order valence-electron chi connectivity index (χ2n) is 2.85. The first kappa shape index (κ1) is 32.4. The van der Waals surface area contributed by atoms with Crippen LogP contribution in [0.5, 0.6) is 0 Å². The van der Waals surface area contributed by atoms with E-state index < -0.39 is 15.1 Å². The third-order valence-electron chi connectivity index (χ3n) is 1.49. The van der Waals surface area contributed by atoms with Gasteiger partial charge in [-0.05, 0) is 27.2 Å². The van der Waals surface area contributed by atoms with Gasteiger partial charge in [-0.15, -0.1) is 0 Å². The van der Waals surface area contributed by atoms with Crippen LogP contribution in [0.1, 0.15) is 75.7 Å². The predicted molar refractivity (Wildman–Crippen MR) is 91.7 cm³/mol. The van der Waals surface area contributed by atoms with E-state index in [1.165, 1.54) is 0 Å².